The summed E-state index contributed by atoms with van der Waals surface area (Å²) in [7, 11) is -3.73. The maximum absolute atomic E-state index is 11.9. The van der Waals surface area contributed by atoms with Crippen molar-refractivity contribution in [3.63, 3.8) is 0 Å². The van der Waals surface area contributed by atoms with E-state index >= 15 is 0 Å². The summed E-state index contributed by atoms with van der Waals surface area (Å²) in [5, 5.41) is 6.07. The molecule has 0 spiro atoms. The molecular formula is C20H20N2O5S. The van der Waals surface area contributed by atoms with Crippen molar-refractivity contribution in [3.8, 4) is 5.75 Å². The molecule has 0 fully saturated rings. The molecule has 0 saturated carbocycles. The largest absolute Gasteiger partial charge is 0.472 e. The van der Waals surface area contributed by atoms with Gasteiger partial charge in [-0.25, -0.2) is 18.4 Å². The molecule has 1 aliphatic heterocycles. The summed E-state index contributed by atoms with van der Waals surface area (Å²) in [4.78, 5) is 13.9. The van der Waals surface area contributed by atoms with Crippen LogP contribution in [0, 0.1) is 6.92 Å². The Kier molecular flexibility index (Phi) is 4.40. The number of ether oxygens (including phenoxy) is 1. The Morgan fingerprint density at radius 1 is 1.18 bits per heavy atom. The van der Waals surface area contributed by atoms with Crippen LogP contribution in [0.2, 0.25) is 0 Å². The van der Waals surface area contributed by atoms with Crippen molar-refractivity contribution in [2.24, 2.45) is 5.14 Å². The number of aryl methyl sites for hydroxylation is 2. The van der Waals surface area contributed by atoms with E-state index in [1.165, 1.54) is 18.2 Å². The third-order valence-corrected chi connectivity index (χ3v) is 5.94. The van der Waals surface area contributed by atoms with Gasteiger partial charge < -0.3 is 14.1 Å². The van der Waals surface area contributed by atoms with E-state index in [-0.39, 0.29) is 10.5 Å². The number of sulfonamides is 1. The molecular weight excluding hydrogens is 380 g/mol. The van der Waals surface area contributed by atoms with Crippen LogP contribution in [-0.2, 0) is 23.0 Å². The second-order valence-corrected chi connectivity index (χ2v) is 8.38. The van der Waals surface area contributed by atoms with Gasteiger partial charge in [0.15, 0.2) is 6.73 Å². The fourth-order valence-electron chi connectivity index (χ4n) is 3.59. The lowest BCUT2D eigenvalue weighted by Crippen LogP contribution is -2.32. The number of rotatable bonds is 3. The number of benzene rings is 2. The zero-order valence-corrected chi connectivity index (χ0v) is 16.4. The molecule has 2 heterocycles. The van der Waals surface area contributed by atoms with Gasteiger partial charge in [0.2, 0.25) is 10.0 Å². The molecule has 146 valence electrons. The van der Waals surface area contributed by atoms with Gasteiger partial charge in [0.05, 0.1) is 4.90 Å². The second kappa shape index (κ2) is 6.65. The van der Waals surface area contributed by atoms with Crippen molar-refractivity contribution in [1.82, 2.24) is 0 Å². The molecule has 3 aromatic rings. The molecule has 1 aliphatic rings. The van der Waals surface area contributed by atoms with Crippen LogP contribution >= 0.6 is 0 Å². The van der Waals surface area contributed by atoms with E-state index in [0.717, 1.165) is 39.9 Å². The minimum Gasteiger partial charge on any atom is -0.472 e. The predicted octanol–water partition coefficient (Wildman–Crippen LogP) is 2.67. The summed E-state index contributed by atoms with van der Waals surface area (Å²) in [6.45, 7) is 4.77. The Hall–Kier alpha value is -2.84. The van der Waals surface area contributed by atoms with Crippen molar-refractivity contribution in [1.29, 1.82) is 0 Å². The Bertz CT molecular complexity index is 1230. The monoisotopic (exact) mass is 400 g/mol. The van der Waals surface area contributed by atoms with E-state index in [4.69, 9.17) is 14.3 Å². The topological polar surface area (TPSA) is 103 Å². The Labute approximate surface area is 162 Å². The first kappa shape index (κ1) is 18.5. The second-order valence-electron chi connectivity index (χ2n) is 6.82. The highest BCUT2D eigenvalue weighted by atomic mass is 32.2. The van der Waals surface area contributed by atoms with E-state index in [2.05, 4.69) is 0 Å². The van der Waals surface area contributed by atoms with E-state index in [9.17, 15) is 13.2 Å². The van der Waals surface area contributed by atoms with Crippen LogP contribution in [0.4, 0.5) is 5.69 Å². The zero-order chi connectivity index (χ0) is 20.1. The van der Waals surface area contributed by atoms with Crippen molar-refractivity contribution in [2.75, 3.05) is 11.6 Å². The Morgan fingerprint density at radius 2 is 1.89 bits per heavy atom. The highest BCUT2D eigenvalue weighted by molar-refractivity contribution is 7.89. The molecule has 0 unspecified atom stereocenters. The number of anilines is 1. The van der Waals surface area contributed by atoms with Gasteiger partial charge in [0.1, 0.15) is 11.3 Å². The molecule has 4 rings (SSSR count). The predicted molar refractivity (Wildman–Crippen MR) is 106 cm³/mol. The first-order chi connectivity index (χ1) is 13.3. The van der Waals surface area contributed by atoms with Crippen molar-refractivity contribution < 1.29 is 17.6 Å². The molecule has 8 heteroatoms. The number of nitrogens with two attached hydrogens (primary N) is 1. The number of nitrogens with zero attached hydrogens (tertiary/aromatic N) is 1. The standard InChI is InChI=1S/C20H20N2O5S/c1-3-13-9-18(23)27-20-12(2)19-14(8-17(13)20)10-22(11-26-19)15-4-6-16(7-5-15)28(21,24)25/h4-9H,3,10-11H2,1-2H3,(H2,21,24,25). The smallest absolute Gasteiger partial charge is 0.336 e. The van der Waals surface area contributed by atoms with Gasteiger partial charge in [0, 0.05) is 34.8 Å². The lowest BCUT2D eigenvalue weighted by molar-refractivity contribution is 0.287. The Balaban J connectivity index is 1.75. The normalized spacial score (nSPS) is 14.0. The first-order valence-corrected chi connectivity index (χ1v) is 10.4. The maximum atomic E-state index is 11.9. The molecule has 0 bridgehead atoms. The van der Waals surface area contributed by atoms with Crippen LogP contribution in [0.1, 0.15) is 23.6 Å². The van der Waals surface area contributed by atoms with Crippen LogP contribution in [0.5, 0.6) is 5.75 Å². The minimum atomic E-state index is -3.73. The summed E-state index contributed by atoms with van der Waals surface area (Å²) in [6.07, 6.45) is 0.722. The van der Waals surface area contributed by atoms with E-state index in [1.54, 1.807) is 12.1 Å². The van der Waals surface area contributed by atoms with E-state index in [0.29, 0.717) is 18.9 Å². The van der Waals surface area contributed by atoms with Gasteiger partial charge >= 0.3 is 5.63 Å². The van der Waals surface area contributed by atoms with Crippen LogP contribution in [0.3, 0.4) is 0 Å². The summed E-state index contributed by atoms with van der Waals surface area (Å²) in [5.74, 6) is 0.723. The van der Waals surface area contributed by atoms with Gasteiger partial charge in [-0.1, -0.05) is 6.92 Å². The molecule has 2 aromatic carbocycles. The summed E-state index contributed by atoms with van der Waals surface area (Å²) < 4.78 is 34.3. The number of fused-ring (bicyclic) bond motifs is 2. The molecule has 0 aliphatic carbocycles. The summed E-state index contributed by atoms with van der Waals surface area (Å²) >= 11 is 0. The molecule has 2 N–H and O–H groups in total. The van der Waals surface area contributed by atoms with E-state index in [1.807, 2.05) is 24.8 Å². The number of hydrogen-bond acceptors (Lipinski definition) is 6. The van der Waals surface area contributed by atoms with Gasteiger partial charge in [-0.15, -0.1) is 0 Å². The molecule has 1 aromatic heterocycles. The van der Waals surface area contributed by atoms with Crippen LogP contribution < -0.4 is 20.4 Å². The lowest BCUT2D eigenvalue weighted by atomic mass is 9.99. The van der Waals surface area contributed by atoms with Crippen molar-refractivity contribution in [2.45, 2.75) is 31.7 Å². The minimum absolute atomic E-state index is 0.0685. The fourth-order valence-corrected chi connectivity index (χ4v) is 4.10. The van der Waals surface area contributed by atoms with Gasteiger partial charge in [-0.05, 0) is 49.2 Å². The van der Waals surface area contributed by atoms with Crippen molar-refractivity contribution >= 4 is 26.7 Å². The third kappa shape index (κ3) is 3.14. The maximum Gasteiger partial charge on any atom is 0.336 e. The lowest BCUT2D eigenvalue weighted by Gasteiger charge is -2.32. The van der Waals surface area contributed by atoms with Gasteiger partial charge in [-0.2, -0.15) is 0 Å². The third-order valence-electron chi connectivity index (χ3n) is 5.01. The highest BCUT2D eigenvalue weighted by Crippen LogP contribution is 2.37. The molecule has 0 amide bonds. The van der Waals surface area contributed by atoms with Gasteiger partial charge in [-0.3, -0.25) is 0 Å². The van der Waals surface area contributed by atoms with E-state index < -0.39 is 10.0 Å². The average Bonchev–Trinajstić information content (AvgIpc) is 2.67. The first-order valence-electron chi connectivity index (χ1n) is 8.87. The molecule has 0 radical (unpaired) electrons. The molecule has 28 heavy (non-hydrogen) atoms. The fraction of sp³-hybridized carbons (Fsp3) is 0.250. The zero-order valence-electron chi connectivity index (χ0n) is 15.6. The summed E-state index contributed by atoms with van der Waals surface area (Å²) in [6, 6.07) is 9.91. The van der Waals surface area contributed by atoms with Crippen LogP contribution in [-0.4, -0.2) is 15.1 Å². The SMILES string of the molecule is CCc1cc(=O)oc2c(C)c3c(cc12)CN(c1ccc(S(N)(=O)=O)cc1)CO3. The number of primary sulfonamides is 1. The van der Waals surface area contributed by atoms with Crippen molar-refractivity contribution in [3.05, 3.63) is 63.5 Å². The molecule has 0 atom stereocenters. The average molecular weight is 400 g/mol. The molecule has 7 nitrogen and oxygen atoms in total. The quantitative estimate of drug-likeness (QED) is 0.678. The van der Waals surface area contributed by atoms with Crippen LogP contribution in [0.25, 0.3) is 11.0 Å². The highest BCUT2D eigenvalue weighted by Gasteiger charge is 2.23. The number of hydrogen-bond donors (Lipinski definition) is 1. The summed E-state index contributed by atoms with van der Waals surface area (Å²) in [5.41, 5.74) is 3.76. The molecule has 0 saturated heterocycles. The Morgan fingerprint density at radius 3 is 2.54 bits per heavy atom. The van der Waals surface area contributed by atoms with Crippen LogP contribution in [0.15, 0.2) is 50.5 Å². The van der Waals surface area contributed by atoms with Gasteiger partial charge in [0.25, 0.3) is 0 Å².